The lowest BCUT2D eigenvalue weighted by Gasteiger charge is -2.44. The normalized spacial score (nSPS) is 22.3. The number of hydrogen-bond donors (Lipinski definition) is 1. The Hall–Kier alpha value is -2.08. The number of H-pyrrole nitrogens is 1. The number of imidazole rings is 1. The summed E-state index contributed by atoms with van der Waals surface area (Å²) >= 11 is 0. The van der Waals surface area contributed by atoms with E-state index in [1.165, 1.54) is 19.3 Å². The quantitative estimate of drug-likeness (QED) is 0.900. The lowest BCUT2D eigenvalue weighted by atomic mass is 9.99. The molecule has 2 fully saturated rings. The Kier molecular flexibility index (Phi) is 3.69. The second kappa shape index (κ2) is 5.85. The van der Waals surface area contributed by atoms with E-state index in [1.54, 1.807) is 4.57 Å². The first-order valence-corrected chi connectivity index (χ1v) is 8.42. The van der Waals surface area contributed by atoms with E-state index < -0.39 is 0 Å². The number of aromatic amines is 1. The summed E-state index contributed by atoms with van der Waals surface area (Å²) < 4.78 is 1.55. The van der Waals surface area contributed by atoms with Crippen molar-refractivity contribution in [3.63, 3.8) is 0 Å². The first-order chi connectivity index (χ1) is 11.2. The molecule has 1 atom stereocenters. The maximum atomic E-state index is 12.7. The number of hydrogen-bond acceptors (Lipinski definition) is 3. The summed E-state index contributed by atoms with van der Waals surface area (Å²) in [5, 5.41) is 0. The number of carbonyl (C=O) groups excluding carboxylic acids is 1. The maximum Gasteiger partial charge on any atom is 0.326 e. The average molecular weight is 314 g/mol. The largest absolute Gasteiger partial charge is 0.338 e. The van der Waals surface area contributed by atoms with Gasteiger partial charge in [0.25, 0.3) is 0 Å². The van der Waals surface area contributed by atoms with Gasteiger partial charge in [-0.3, -0.25) is 14.3 Å². The highest BCUT2D eigenvalue weighted by molar-refractivity contribution is 5.80. The molecule has 23 heavy (non-hydrogen) atoms. The van der Waals surface area contributed by atoms with E-state index in [0.717, 1.165) is 37.2 Å². The minimum absolute atomic E-state index is 0.0436. The molecule has 1 unspecified atom stereocenters. The number of para-hydroxylation sites is 2. The van der Waals surface area contributed by atoms with E-state index in [0.29, 0.717) is 6.04 Å². The Morgan fingerprint density at radius 1 is 1.17 bits per heavy atom. The molecule has 2 aromatic rings. The third-order valence-corrected chi connectivity index (χ3v) is 5.17. The highest BCUT2D eigenvalue weighted by atomic mass is 16.2. The van der Waals surface area contributed by atoms with Gasteiger partial charge in [-0.25, -0.2) is 4.79 Å². The van der Waals surface area contributed by atoms with Crippen LogP contribution in [0.4, 0.5) is 0 Å². The summed E-state index contributed by atoms with van der Waals surface area (Å²) in [6.45, 7) is 3.81. The zero-order valence-corrected chi connectivity index (χ0v) is 13.2. The SMILES string of the molecule is O=C(Cn1c(=O)[nH]c2ccccc21)N1CCN2CCCCC2C1. The van der Waals surface area contributed by atoms with E-state index in [9.17, 15) is 9.59 Å². The molecule has 6 nitrogen and oxygen atoms in total. The van der Waals surface area contributed by atoms with E-state index in [4.69, 9.17) is 0 Å². The van der Waals surface area contributed by atoms with Crippen LogP contribution in [0.15, 0.2) is 29.1 Å². The predicted octanol–water partition coefficient (Wildman–Crippen LogP) is 1.03. The molecule has 2 aliphatic heterocycles. The number of piperazine rings is 1. The molecule has 0 aliphatic carbocycles. The van der Waals surface area contributed by atoms with Gasteiger partial charge in [-0.1, -0.05) is 18.6 Å². The molecule has 2 aliphatic rings. The number of benzene rings is 1. The van der Waals surface area contributed by atoms with E-state index in [1.807, 2.05) is 29.2 Å². The molecule has 0 spiro atoms. The number of nitrogens with zero attached hydrogens (tertiary/aromatic N) is 3. The van der Waals surface area contributed by atoms with Crippen LogP contribution in [-0.2, 0) is 11.3 Å². The van der Waals surface area contributed by atoms with Crippen LogP contribution in [0.5, 0.6) is 0 Å². The van der Waals surface area contributed by atoms with Crippen molar-refractivity contribution in [3.05, 3.63) is 34.7 Å². The minimum atomic E-state index is -0.212. The van der Waals surface area contributed by atoms with Crippen molar-refractivity contribution in [2.75, 3.05) is 26.2 Å². The molecule has 3 heterocycles. The molecule has 1 aromatic carbocycles. The number of piperidine rings is 1. The van der Waals surface area contributed by atoms with E-state index in [-0.39, 0.29) is 18.1 Å². The summed E-state index contributed by atoms with van der Waals surface area (Å²) in [7, 11) is 0. The van der Waals surface area contributed by atoms with Crippen molar-refractivity contribution >= 4 is 16.9 Å². The van der Waals surface area contributed by atoms with Gasteiger partial charge < -0.3 is 9.88 Å². The van der Waals surface area contributed by atoms with Crippen molar-refractivity contribution < 1.29 is 4.79 Å². The second-order valence-electron chi connectivity index (χ2n) is 6.56. The molecule has 4 rings (SSSR count). The smallest absolute Gasteiger partial charge is 0.326 e. The summed E-state index contributed by atoms with van der Waals surface area (Å²) in [6, 6.07) is 8.00. The van der Waals surface area contributed by atoms with Crippen LogP contribution >= 0.6 is 0 Å². The van der Waals surface area contributed by atoms with Gasteiger partial charge in [0, 0.05) is 25.7 Å². The third-order valence-electron chi connectivity index (χ3n) is 5.17. The summed E-state index contributed by atoms with van der Waals surface area (Å²) in [5.74, 6) is 0.0436. The van der Waals surface area contributed by atoms with Crippen LogP contribution in [0.3, 0.4) is 0 Å². The molecule has 6 heteroatoms. The predicted molar refractivity (Wildman–Crippen MR) is 88.4 cm³/mol. The number of carbonyl (C=O) groups is 1. The summed E-state index contributed by atoms with van der Waals surface area (Å²) in [5.41, 5.74) is 1.36. The molecular formula is C17H22N4O2. The standard InChI is InChI=1S/C17H22N4O2/c22-16(20-10-9-19-8-4-3-5-13(19)11-20)12-21-15-7-2-1-6-14(15)18-17(21)23/h1-2,6-7,13H,3-5,8-12H2,(H,18,23). The third kappa shape index (κ3) is 2.67. The topological polar surface area (TPSA) is 61.3 Å². The molecule has 122 valence electrons. The Morgan fingerprint density at radius 3 is 2.96 bits per heavy atom. The summed E-state index contributed by atoms with van der Waals surface area (Å²) in [6.07, 6.45) is 3.71. The van der Waals surface area contributed by atoms with Crippen molar-refractivity contribution in [1.29, 1.82) is 0 Å². The molecule has 1 aromatic heterocycles. The zero-order chi connectivity index (χ0) is 15.8. The van der Waals surface area contributed by atoms with Crippen molar-refractivity contribution in [3.8, 4) is 0 Å². The van der Waals surface area contributed by atoms with Crippen LogP contribution in [0.25, 0.3) is 11.0 Å². The second-order valence-corrected chi connectivity index (χ2v) is 6.56. The number of fused-ring (bicyclic) bond motifs is 2. The highest BCUT2D eigenvalue weighted by Crippen LogP contribution is 2.21. The zero-order valence-electron chi connectivity index (χ0n) is 13.2. The van der Waals surface area contributed by atoms with Gasteiger partial charge in [0.2, 0.25) is 5.91 Å². The number of rotatable bonds is 2. The number of nitrogens with one attached hydrogen (secondary N) is 1. The molecule has 1 amide bonds. The van der Waals surface area contributed by atoms with Gasteiger partial charge >= 0.3 is 5.69 Å². The fraction of sp³-hybridized carbons (Fsp3) is 0.529. The Balaban J connectivity index is 1.51. The van der Waals surface area contributed by atoms with Crippen LogP contribution < -0.4 is 5.69 Å². The molecular weight excluding hydrogens is 292 g/mol. The van der Waals surface area contributed by atoms with Crippen LogP contribution in [-0.4, -0.2) is 57.5 Å². The van der Waals surface area contributed by atoms with Crippen LogP contribution in [0.1, 0.15) is 19.3 Å². The first-order valence-electron chi connectivity index (χ1n) is 8.42. The van der Waals surface area contributed by atoms with Crippen molar-refractivity contribution in [1.82, 2.24) is 19.4 Å². The minimum Gasteiger partial charge on any atom is -0.338 e. The number of aromatic nitrogens is 2. The Bertz CT molecular complexity index is 778. The van der Waals surface area contributed by atoms with Gasteiger partial charge in [0.1, 0.15) is 6.54 Å². The van der Waals surface area contributed by atoms with Gasteiger partial charge in [-0.05, 0) is 31.5 Å². The number of amides is 1. The van der Waals surface area contributed by atoms with Gasteiger partial charge in [-0.15, -0.1) is 0 Å². The Labute approximate surface area is 134 Å². The molecule has 0 saturated carbocycles. The lowest BCUT2D eigenvalue weighted by molar-refractivity contribution is -0.135. The monoisotopic (exact) mass is 314 g/mol. The van der Waals surface area contributed by atoms with E-state index in [2.05, 4.69) is 9.88 Å². The van der Waals surface area contributed by atoms with Crippen molar-refractivity contribution in [2.45, 2.75) is 31.8 Å². The van der Waals surface area contributed by atoms with Crippen molar-refractivity contribution in [2.24, 2.45) is 0 Å². The molecule has 2 saturated heterocycles. The lowest BCUT2D eigenvalue weighted by Crippen LogP contribution is -2.56. The maximum absolute atomic E-state index is 12.7. The van der Waals surface area contributed by atoms with Gasteiger partial charge in [-0.2, -0.15) is 0 Å². The van der Waals surface area contributed by atoms with E-state index >= 15 is 0 Å². The molecule has 0 bridgehead atoms. The Morgan fingerprint density at radius 2 is 2.04 bits per heavy atom. The van der Waals surface area contributed by atoms with Gasteiger partial charge in [0.15, 0.2) is 0 Å². The van der Waals surface area contributed by atoms with Gasteiger partial charge in [0.05, 0.1) is 11.0 Å². The fourth-order valence-electron chi connectivity index (χ4n) is 3.88. The van der Waals surface area contributed by atoms with Crippen LogP contribution in [0, 0.1) is 0 Å². The molecule has 0 radical (unpaired) electrons. The highest BCUT2D eigenvalue weighted by Gasteiger charge is 2.31. The first kappa shape index (κ1) is 14.5. The average Bonchev–Trinajstić information content (AvgIpc) is 2.90. The van der Waals surface area contributed by atoms with Crippen LogP contribution in [0.2, 0.25) is 0 Å². The summed E-state index contributed by atoms with van der Waals surface area (Å²) in [4.78, 5) is 32.0. The molecule has 1 N–H and O–H groups in total. The fourth-order valence-corrected chi connectivity index (χ4v) is 3.88.